The summed E-state index contributed by atoms with van der Waals surface area (Å²) in [4.78, 5) is 25.4. The molecule has 0 aromatic heterocycles. The molecule has 4 rings (SSSR count). The molecule has 0 amide bonds. The summed E-state index contributed by atoms with van der Waals surface area (Å²) in [5, 5.41) is 0.532. The van der Waals surface area contributed by atoms with Crippen molar-refractivity contribution in [2.75, 3.05) is 0 Å². The zero-order valence-electron chi connectivity index (χ0n) is 15.6. The molecular formula is C23H21ClO4. The first kappa shape index (κ1) is 18.8. The van der Waals surface area contributed by atoms with Gasteiger partial charge in [0, 0.05) is 17.0 Å². The van der Waals surface area contributed by atoms with E-state index in [0.29, 0.717) is 41.0 Å². The monoisotopic (exact) mass is 396 g/mol. The van der Waals surface area contributed by atoms with Crippen LogP contribution in [0.15, 0.2) is 54.8 Å². The van der Waals surface area contributed by atoms with Gasteiger partial charge in [-0.3, -0.25) is 4.79 Å². The van der Waals surface area contributed by atoms with E-state index in [1.54, 1.807) is 12.1 Å². The first-order chi connectivity index (χ1) is 13.5. The predicted molar refractivity (Wildman–Crippen MR) is 107 cm³/mol. The number of esters is 1. The number of Topliss-reactive ketones (excluding diaryl/α,β-unsaturated/α-hetero) is 1. The molecule has 2 aromatic carbocycles. The van der Waals surface area contributed by atoms with Gasteiger partial charge in [0.25, 0.3) is 0 Å². The number of allylic oxidation sites excluding steroid dienone is 1. The summed E-state index contributed by atoms with van der Waals surface area (Å²) in [5.41, 5.74) is 2.77. The van der Waals surface area contributed by atoms with Crippen molar-refractivity contribution in [1.82, 2.24) is 0 Å². The Labute approximate surface area is 169 Å². The van der Waals surface area contributed by atoms with E-state index in [4.69, 9.17) is 21.1 Å². The van der Waals surface area contributed by atoms with Gasteiger partial charge in [0.1, 0.15) is 12.2 Å². The smallest absolute Gasteiger partial charge is 0.338 e. The Kier molecular flexibility index (Phi) is 5.23. The van der Waals surface area contributed by atoms with Gasteiger partial charge in [-0.15, -0.1) is 0 Å². The van der Waals surface area contributed by atoms with Crippen molar-refractivity contribution < 1.29 is 19.1 Å². The zero-order valence-corrected chi connectivity index (χ0v) is 16.3. The number of benzene rings is 2. The Morgan fingerprint density at radius 3 is 2.75 bits per heavy atom. The van der Waals surface area contributed by atoms with Gasteiger partial charge in [0.2, 0.25) is 0 Å². The fourth-order valence-corrected chi connectivity index (χ4v) is 4.17. The highest BCUT2D eigenvalue weighted by Crippen LogP contribution is 2.38. The molecule has 0 spiro atoms. The van der Waals surface area contributed by atoms with Crippen LogP contribution in [0.1, 0.15) is 40.7 Å². The van der Waals surface area contributed by atoms with Crippen LogP contribution < -0.4 is 0 Å². The van der Waals surface area contributed by atoms with Crippen LogP contribution in [0.2, 0.25) is 5.02 Å². The van der Waals surface area contributed by atoms with Crippen LogP contribution in [0, 0.1) is 12.8 Å². The van der Waals surface area contributed by atoms with E-state index < -0.39 is 0 Å². The lowest BCUT2D eigenvalue weighted by atomic mass is 9.78. The second-order valence-corrected chi connectivity index (χ2v) is 7.77. The Morgan fingerprint density at radius 2 is 1.96 bits per heavy atom. The number of halogens is 1. The van der Waals surface area contributed by atoms with E-state index in [0.717, 1.165) is 5.56 Å². The average Bonchev–Trinajstić information content (AvgIpc) is 2.69. The number of carbonyl (C=O) groups is 2. The summed E-state index contributed by atoms with van der Waals surface area (Å²) in [5.74, 6) is -0.514. The van der Waals surface area contributed by atoms with E-state index in [1.165, 1.54) is 6.26 Å². The van der Waals surface area contributed by atoms with Crippen LogP contribution in [-0.2, 0) is 14.3 Å². The lowest BCUT2D eigenvalue weighted by Gasteiger charge is -2.37. The van der Waals surface area contributed by atoms with Crippen molar-refractivity contribution in [2.45, 2.75) is 38.4 Å². The first-order valence-electron chi connectivity index (χ1n) is 9.45. The zero-order chi connectivity index (χ0) is 19.7. The van der Waals surface area contributed by atoms with Gasteiger partial charge in [-0.25, -0.2) is 4.79 Å². The predicted octanol–water partition coefficient (Wildman–Crippen LogP) is 4.98. The molecule has 0 N–H and O–H groups in total. The maximum atomic E-state index is 13.0. The number of hydrogen-bond donors (Lipinski definition) is 0. The Morgan fingerprint density at radius 1 is 1.14 bits per heavy atom. The van der Waals surface area contributed by atoms with Crippen molar-refractivity contribution in [2.24, 2.45) is 5.92 Å². The number of carbonyl (C=O) groups excluding carboxylic acids is 2. The summed E-state index contributed by atoms with van der Waals surface area (Å²) in [6, 6.07) is 14.6. The summed E-state index contributed by atoms with van der Waals surface area (Å²) in [6.07, 6.45) is 2.76. The molecular weight excluding hydrogens is 376 g/mol. The van der Waals surface area contributed by atoms with E-state index in [1.807, 2.05) is 43.3 Å². The SMILES string of the molecule is Cc1cccc(C(=O)OC2CCC3C(=O)C(c4ccccc4Cl)=COC3C2)c1. The van der Waals surface area contributed by atoms with E-state index >= 15 is 0 Å². The second-order valence-electron chi connectivity index (χ2n) is 7.37. The Balaban J connectivity index is 1.45. The molecule has 0 radical (unpaired) electrons. The number of aryl methyl sites for hydroxylation is 1. The Bertz CT molecular complexity index is 949. The third kappa shape index (κ3) is 3.69. The van der Waals surface area contributed by atoms with Crippen LogP contribution >= 0.6 is 11.6 Å². The summed E-state index contributed by atoms with van der Waals surface area (Å²) < 4.78 is 11.6. The van der Waals surface area contributed by atoms with E-state index in [2.05, 4.69) is 0 Å². The van der Waals surface area contributed by atoms with Crippen molar-refractivity contribution in [1.29, 1.82) is 0 Å². The number of hydrogen-bond acceptors (Lipinski definition) is 4. The van der Waals surface area contributed by atoms with Crippen molar-refractivity contribution in [3.05, 3.63) is 76.5 Å². The topological polar surface area (TPSA) is 52.6 Å². The molecule has 1 saturated carbocycles. The van der Waals surface area contributed by atoms with E-state index in [-0.39, 0.29) is 29.9 Å². The van der Waals surface area contributed by atoms with Crippen LogP contribution in [0.25, 0.3) is 5.57 Å². The lowest BCUT2D eigenvalue weighted by molar-refractivity contribution is -0.126. The molecule has 4 nitrogen and oxygen atoms in total. The van der Waals surface area contributed by atoms with Crippen molar-refractivity contribution >= 4 is 28.9 Å². The minimum Gasteiger partial charge on any atom is -0.496 e. The van der Waals surface area contributed by atoms with Crippen LogP contribution in [0.5, 0.6) is 0 Å². The number of fused-ring (bicyclic) bond motifs is 1. The fourth-order valence-electron chi connectivity index (χ4n) is 3.93. The number of rotatable bonds is 3. The Hall–Kier alpha value is -2.59. The molecule has 144 valence electrons. The second kappa shape index (κ2) is 7.80. The van der Waals surface area contributed by atoms with Crippen molar-refractivity contribution in [3.63, 3.8) is 0 Å². The van der Waals surface area contributed by atoms with Gasteiger partial charge in [0.05, 0.1) is 23.3 Å². The van der Waals surface area contributed by atoms with Gasteiger partial charge in [-0.05, 0) is 38.0 Å². The fraction of sp³-hybridized carbons (Fsp3) is 0.304. The largest absolute Gasteiger partial charge is 0.496 e. The molecule has 2 aliphatic rings. The maximum absolute atomic E-state index is 13.0. The van der Waals surface area contributed by atoms with Gasteiger partial charge in [0.15, 0.2) is 5.78 Å². The van der Waals surface area contributed by atoms with Gasteiger partial charge < -0.3 is 9.47 Å². The van der Waals surface area contributed by atoms with Gasteiger partial charge >= 0.3 is 5.97 Å². The maximum Gasteiger partial charge on any atom is 0.338 e. The molecule has 1 heterocycles. The molecule has 28 heavy (non-hydrogen) atoms. The molecule has 1 fully saturated rings. The standard InChI is InChI=1S/C23H21ClO4/c1-14-5-4-6-15(11-14)23(26)28-16-9-10-18-21(12-16)27-13-19(22(18)25)17-7-2-3-8-20(17)24/h2-8,11,13,16,18,21H,9-10,12H2,1H3. The number of ketones is 1. The molecule has 2 aromatic rings. The molecule has 1 aliphatic heterocycles. The number of ether oxygens (including phenoxy) is 2. The molecule has 5 heteroatoms. The van der Waals surface area contributed by atoms with Gasteiger partial charge in [-0.1, -0.05) is 47.5 Å². The van der Waals surface area contributed by atoms with Crippen molar-refractivity contribution in [3.8, 4) is 0 Å². The lowest BCUT2D eigenvalue weighted by Crippen LogP contribution is -2.42. The quantitative estimate of drug-likeness (QED) is 0.686. The molecule has 0 bridgehead atoms. The van der Waals surface area contributed by atoms with Gasteiger partial charge in [-0.2, -0.15) is 0 Å². The third-order valence-electron chi connectivity index (χ3n) is 5.40. The van der Waals surface area contributed by atoms with E-state index in [9.17, 15) is 9.59 Å². The summed E-state index contributed by atoms with van der Waals surface area (Å²) in [6.45, 7) is 1.94. The highest BCUT2D eigenvalue weighted by atomic mass is 35.5. The third-order valence-corrected chi connectivity index (χ3v) is 5.73. The highest BCUT2D eigenvalue weighted by Gasteiger charge is 2.41. The van der Waals surface area contributed by atoms with Crippen LogP contribution in [0.3, 0.4) is 0 Å². The summed E-state index contributed by atoms with van der Waals surface area (Å²) in [7, 11) is 0. The highest BCUT2D eigenvalue weighted by molar-refractivity contribution is 6.35. The molecule has 3 unspecified atom stereocenters. The minimum absolute atomic E-state index is 0.0489. The molecule has 3 atom stereocenters. The first-order valence-corrected chi connectivity index (χ1v) is 9.83. The molecule has 1 aliphatic carbocycles. The molecule has 0 saturated heterocycles. The van der Waals surface area contributed by atoms with Crippen LogP contribution in [0.4, 0.5) is 0 Å². The average molecular weight is 397 g/mol. The normalized spacial score (nSPS) is 24.0. The minimum atomic E-state index is -0.332. The van der Waals surface area contributed by atoms with Crippen LogP contribution in [-0.4, -0.2) is 24.0 Å². The summed E-state index contributed by atoms with van der Waals surface area (Å²) >= 11 is 6.24.